The molecule has 2 atom stereocenters. The molecule has 128 valence electrons. The van der Waals surface area contributed by atoms with E-state index in [1.807, 2.05) is 50.2 Å². The molecule has 2 aromatic rings. The summed E-state index contributed by atoms with van der Waals surface area (Å²) in [6, 6.07) is 14.7. The first-order chi connectivity index (χ1) is 11.5. The third-order valence-electron chi connectivity index (χ3n) is 3.42. The van der Waals surface area contributed by atoms with Crippen LogP contribution >= 0.6 is 11.6 Å². The SMILES string of the molecule is Cc1ccc(OC[C@H](C)NC(=O)[C@@H](C)Oc2ccccc2Cl)cc1. The second-order valence-corrected chi connectivity index (χ2v) is 6.13. The molecule has 0 fully saturated rings. The molecule has 5 heteroatoms. The highest BCUT2D eigenvalue weighted by Crippen LogP contribution is 2.24. The van der Waals surface area contributed by atoms with Gasteiger partial charge in [-0.15, -0.1) is 0 Å². The first-order valence-corrected chi connectivity index (χ1v) is 8.24. The van der Waals surface area contributed by atoms with Crippen molar-refractivity contribution in [1.29, 1.82) is 0 Å². The van der Waals surface area contributed by atoms with Gasteiger partial charge in [-0.05, 0) is 45.0 Å². The lowest BCUT2D eigenvalue weighted by Gasteiger charge is -2.19. The molecule has 0 bridgehead atoms. The van der Waals surface area contributed by atoms with Gasteiger partial charge in [-0.1, -0.05) is 41.4 Å². The lowest BCUT2D eigenvalue weighted by molar-refractivity contribution is -0.128. The molecule has 0 aliphatic carbocycles. The summed E-state index contributed by atoms with van der Waals surface area (Å²) in [6.45, 7) is 5.97. The number of ether oxygens (including phenoxy) is 2. The summed E-state index contributed by atoms with van der Waals surface area (Å²) in [5, 5.41) is 3.35. The summed E-state index contributed by atoms with van der Waals surface area (Å²) in [7, 11) is 0. The lowest BCUT2D eigenvalue weighted by atomic mass is 10.2. The molecule has 0 radical (unpaired) electrons. The third-order valence-corrected chi connectivity index (χ3v) is 3.73. The highest BCUT2D eigenvalue weighted by Gasteiger charge is 2.18. The number of hydrogen-bond donors (Lipinski definition) is 1. The monoisotopic (exact) mass is 347 g/mol. The number of carbonyl (C=O) groups is 1. The molecule has 0 saturated carbocycles. The van der Waals surface area contributed by atoms with Gasteiger partial charge < -0.3 is 14.8 Å². The molecule has 2 rings (SSSR count). The zero-order valence-electron chi connectivity index (χ0n) is 14.1. The molecule has 1 N–H and O–H groups in total. The predicted molar refractivity (Wildman–Crippen MR) is 95.8 cm³/mol. The topological polar surface area (TPSA) is 47.6 Å². The second-order valence-electron chi connectivity index (χ2n) is 5.72. The highest BCUT2D eigenvalue weighted by molar-refractivity contribution is 6.32. The Balaban J connectivity index is 1.80. The maximum atomic E-state index is 12.2. The van der Waals surface area contributed by atoms with Crippen molar-refractivity contribution in [2.45, 2.75) is 32.9 Å². The Hall–Kier alpha value is -2.20. The van der Waals surface area contributed by atoms with Crippen molar-refractivity contribution in [3.8, 4) is 11.5 Å². The van der Waals surface area contributed by atoms with E-state index in [1.54, 1.807) is 19.1 Å². The maximum absolute atomic E-state index is 12.2. The van der Waals surface area contributed by atoms with E-state index in [0.717, 1.165) is 5.75 Å². The Morgan fingerprint density at radius 3 is 2.46 bits per heavy atom. The van der Waals surface area contributed by atoms with Crippen LogP contribution in [0.1, 0.15) is 19.4 Å². The number of nitrogens with one attached hydrogen (secondary N) is 1. The van der Waals surface area contributed by atoms with Crippen molar-refractivity contribution in [3.63, 3.8) is 0 Å². The number of amides is 1. The normalized spacial score (nSPS) is 13.0. The first-order valence-electron chi connectivity index (χ1n) is 7.86. The van der Waals surface area contributed by atoms with Gasteiger partial charge in [-0.25, -0.2) is 0 Å². The summed E-state index contributed by atoms with van der Waals surface area (Å²) in [5.74, 6) is 1.06. The second kappa shape index (κ2) is 8.60. The van der Waals surface area contributed by atoms with Gasteiger partial charge in [0.15, 0.2) is 6.10 Å². The van der Waals surface area contributed by atoms with Crippen LogP contribution in [0.4, 0.5) is 0 Å². The molecular weight excluding hydrogens is 326 g/mol. The minimum absolute atomic E-state index is 0.143. The zero-order valence-corrected chi connectivity index (χ0v) is 14.8. The summed E-state index contributed by atoms with van der Waals surface area (Å²) in [4.78, 5) is 12.2. The summed E-state index contributed by atoms with van der Waals surface area (Å²) < 4.78 is 11.3. The van der Waals surface area contributed by atoms with Crippen molar-refractivity contribution >= 4 is 17.5 Å². The molecule has 1 amide bonds. The van der Waals surface area contributed by atoms with Crippen LogP contribution in [-0.2, 0) is 4.79 Å². The molecule has 2 aromatic carbocycles. The minimum atomic E-state index is -0.647. The van der Waals surface area contributed by atoms with Gasteiger partial charge in [0.1, 0.15) is 18.1 Å². The van der Waals surface area contributed by atoms with E-state index in [9.17, 15) is 4.79 Å². The van der Waals surface area contributed by atoms with Crippen molar-refractivity contribution in [3.05, 3.63) is 59.1 Å². The van der Waals surface area contributed by atoms with Crippen LogP contribution < -0.4 is 14.8 Å². The van der Waals surface area contributed by atoms with Crippen LogP contribution in [0.2, 0.25) is 5.02 Å². The Labute approximate surface area is 147 Å². The molecule has 0 unspecified atom stereocenters. The van der Waals surface area contributed by atoms with Crippen LogP contribution in [0.25, 0.3) is 0 Å². The lowest BCUT2D eigenvalue weighted by Crippen LogP contribution is -2.43. The van der Waals surface area contributed by atoms with Gasteiger partial charge in [-0.2, -0.15) is 0 Å². The van der Waals surface area contributed by atoms with Crippen molar-refractivity contribution in [1.82, 2.24) is 5.32 Å². The number of aryl methyl sites for hydroxylation is 1. The van der Waals surface area contributed by atoms with Crippen LogP contribution in [-0.4, -0.2) is 24.7 Å². The molecular formula is C19H22ClNO3. The van der Waals surface area contributed by atoms with Gasteiger partial charge in [0.05, 0.1) is 11.1 Å². The van der Waals surface area contributed by atoms with E-state index in [-0.39, 0.29) is 11.9 Å². The molecule has 0 saturated heterocycles. The van der Waals surface area contributed by atoms with Gasteiger partial charge in [0, 0.05) is 0 Å². The molecule has 0 spiro atoms. The minimum Gasteiger partial charge on any atom is -0.491 e. The first kappa shape index (κ1) is 18.1. The Bertz CT molecular complexity index is 673. The molecule has 0 aliphatic heterocycles. The number of halogens is 1. The summed E-state index contributed by atoms with van der Waals surface area (Å²) in [5.41, 5.74) is 1.18. The summed E-state index contributed by atoms with van der Waals surface area (Å²) in [6.07, 6.45) is -0.647. The molecule has 0 heterocycles. The molecule has 0 aliphatic rings. The highest BCUT2D eigenvalue weighted by atomic mass is 35.5. The predicted octanol–water partition coefficient (Wildman–Crippen LogP) is 4.00. The van der Waals surface area contributed by atoms with E-state index in [2.05, 4.69) is 5.32 Å². The molecule has 4 nitrogen and oxygen atoms in total. The van der Waals surface area contributed by atoms with E-state index < -0.39 is 6.10 Å². The maximum Gasteiger partial charge on any atom is 0.261 e. The van der Waals surface area contributed by atoms with E-state index in [1.165, 1.54) is 5.56 Å². The Morgan fingerprint density at radius 1 is 1.12 bits per heavy atom. The number of para-hydroxylation sites is 1. The van der Waals surface area contributed by atoms with Crippen LogP contribution in [0, 0.1) is 6.92 Å². The smallest absolute Gasteiger partial charge is 0.261 e. The van der Waals surface area contributed by atoms with E-state index in [4.69, 9.17) is 21.1 Å². The third kappa shape index (κ3) is 5.46. The molecule has 0 aromatic heterocycles. The van der Waals surface area contributed by atoms with Crippen molar-refractivity contribution in [2.24, 2.45) is 0 Å². The van der Waals surface area contributed by atoms with E-state index in [0.29, 0.717) is 17.4 Å². The number of carbonyl (C=O) groups excluding carboxylic acids is 1. The van der Waals surface area contributed by atoms with Crippen LogP contribution in [0.3, 0.4) is 0 Å². The summed E-state index contributed by atoms with van der Waals surface area (Å²) >= 11 is 6.03. The van der Waals surface area contributed by atoms with Gasteiger partial charge in [0.25, 0.3) is 5.91 Å². The Morgan fingerprint density at radius 2 is 1.79 bits per heavy atom. The fraction of sp³-hybridized carbons (Fsp3) is 0.316. The number of benzene rings is 2. The van der Waals surface area contributed by atoms with Gasteiger partial charge >= 0.3 is 0 Å². The van der Waals surface area contributed by atoms with Gasteiger partial charge in [0.2, 0.25) is 0 Å². The van der Waals surface area contributed by atoms with Crippen LogP contribution in [0.15, 0.2) is 48.5 Å². The van der Waals surface area contributed by atoms with E-state index >= 15 is 0 Å². The quantitative estimate of drug-likeness (QED) is 0.823. The average Bonchev–Trinajstić information content (AvgIpc) is 2.56. The van der Waals surface area contributed by atoms with Crippen molar-refractivity contribution < 1.29 is 14.3 Å². The largest absolute Gasteiger partial charge is 0.491 e. The van der Waals surface area contributed by atoms with Gasteiger partial charge in [-0.3, -0.25) is 4.79 Å². The fourth-order valence-corrected chi connectivity index (χ4v) is 2.22. The zero-order chi connectivity index (χ0) is 17.5. The van der Waals surface area contributed by atoms with Crippen molar-refractivity contribution in [2.75, 3.05) is 6.61 Å². The van der Waals surface area contributed by atoms with Crippen LogP contribution in [0.5, 0.6) is 11.5 Å². The molecule has 24 heavy (non-hydrogen) atoms. The number of hydrogen-bond acceptors (Lipinski definition) is 3. The standard InChI is InChI=1S/C19H22ClNO3/c1-13-8-10-16(11-9-13)23-12-14(2)21-19(22)15(3)24-18-7-5-4-6-17(18)20/h4-11,14-15H,12H2,1-3H3,(H,21,22)/t14-,15+/m0/s1. The fourth-order valence-electron chi connectivity index (χ4n) is 2.04. The Kier molecular flexibility index (Phi) is 6.50. The number of rotatable bonds is 7. The average molecular weight is 348 g/mol.